The monoisotopic (exact) mass is 210 g/mol. The highest BCUT2D eigenvalue weighted by molar-refractivity contribution is 5.72. The van der Waals surface area contributed by atoms with Crippen LogP contribution in [0.1, 0.15) is 27.2 Å². The van der Waals surface area contributed by atoms with Crippen molar-refractivity contribution in [1.29, 1.82) is 0 Å². The van der Waals surface area contributed by atoms with Crippen molar-refractivity contribution in [2.75, 3.05) is 6.61 Å². The van der Waals surface area contributed by atoms with Crippen molar-refractivity contribution in [3.63, 3.8) is 0 Å². The van der Waals surface area contributed by atoms with E-state index in [1.807, 2.05) is 19.1 Å². The zero-order valence-electron chi connectivity index (χ0n) is 9.53. The Morgan fingerprint density at radius 1 is 1.40 bits per heavy atom. The summed E-state index contributed by atoms with van der Waals surface area (Å²) in [6.45, 7) is 5.62. The Labute approximate surface area is 90.8 Å². The van der Waals surface area contributed by atoms with Crippen LogP contribution in [0, 0.1) is 5.92 Å². The molecule has 0 aliphatic heterocycles. The third-order valence-corrected chi connectivity index (χ3v) is 1.86. The highest BCUT2D eigenvalue weighted by Crippen LogP contribution is 2.04. The molecular weight excluding hydrogens is 192 g/mol. The maximum atomic E-state index is 10.5. The van der Waals surface area contributed by atoms with Gasteiger partial charge in [0.2, 0.25) is 0 Å². The van der Waals surface area contributed by atoms with E-state index in [0.717, 1.165) is 12.7 Å². The van der Waals surface area contributed by atoms with Gasteiger partial charge < -0.3 is 4.74 Å². The number of aldehydes is 1. The van der Waals surface area contributed by atoms with Gasteiger partial charge in [-0.15, -0.1) is 0 Å². The van der Waals surface area contributed by atoms with E-state index in [4.69, 9.17) is 4.74 Å². The molecule has 15 heavy (non-hydrogen) atoms. The smallest absolute Gasteiger partial charge is 0.302 e. The molecule has 0 spiro atoms. The van der Waals surface area contributed by atoms with Gasteiger partial charge in [-0.05, 0) is 24.8 Å². The Morgan fingerprint density at radius 2 is 2.07 bits per heavy atom. The summed E-state index contributed by atoms with van der Waals surface area (Å²) < 4.78 is 4.82. The Balaban J connectivity index is 3.78. The number of rotatable bonds is 6. The lowest BCUT2D eigenvalue weighted by Gasteiger charge is -2.05. The fraction of sp³-hybridized carbons (Fsp3) is 0.500. The lowest BCUT2D eigenvalue weighted by atomic mass is 10.1. The Bertz CT molecular complexity index is 264. The molecule has 0 aliphatic rings. The lowest BCUT2D eigenvalue weighted by Crippen LogP contribution is -2.03. The molecule has 0 aromatic carbocycles. The van der Waals surface area contributed by atoms with Crippen LogP contribution >= 0.6 is 0 Å². The van der Waals surface area contributed by atoms with E-state index >= 15 is 0 Å². The van der Waals surface area contributed by atoms with Crippen molar-refractivity contribution < 1.29 is 14.3 Å². The molecule has 0 heterocycles. The SMILES string of the molecule is CC(=O)OCCC(C)/C=C/C=C(\C)C=O. The van der Waals surface area contributed by atoms with Gasteiger partial charge in [0.05, 0.1) is 6.61 Å². The molecule has 0 saturated heterocycles. The molecule has 1 unspecified atom stereocenters. The summed E-state index contributed by atoms with van der Waals surface area (Å²) in [5.41, 5.74) is 0.693. The van der Waals surface area contributed by atoms with Gasteiger partial charge in [0, 0.05) is 6.92 Å². The second-order valence-electron chi connectivity index (χ2n) is 3.52. The van der Waals surface area contributed by atoms with Crippen LogP contribution in [-0.4, -0.2) is 18.9 Å². The number of carbonyl (C=O) groups is 2. The second-order valence-corrected chi connectivity index (χ2v) is 3.52. The number of hydrogen-bond donors (Lipinski definition) is 0. The number of hydrogen-bond acceptors (Lipinski definition) is 3. The van der Waals surface area contributed by atoms with Gasteiger partial charge in [0.25, 0.3) is 0 Å². The maximum absolute atomic E-state index is 10.5. The third kappa shape index (κ3) is 8.94. The molecule has 0 aromatic heterocycles. The number of allylic oxidation sites excluding steroid dienone is 4. The van der Waals surface area contributed by atoms with Gasteiger partial charge >= 0.3 is 5.97 Å². The van der Waals surface area contributed by atoms with E-state index in [9.17, 15) is 9.59 Å². The zero-order chi connectivity index (χ0) is 11.7. The lowest BCUT2D eigenvalue weighted by molar-refractivity contribution is -0.141. The van der Waals surface area contributed by atoms with Crippen molar-refractivity contribution in [3.05, 3.63) is 23.8 Å². The molecule has 0 amide bonds. The number of ether oxygens (including phenoxy) is 1. The van der Waals surface area contributed by atoms with E-state index in [1.54, 1.807) is 13.0 Å². The standard InChI is InChI=1S/C12H18O3/c1-10(7-8-15-12(3)14)5-4-6-11(2)9-13/h4-6,9-10H,7-8H2,1-3H3/b5-4+,11-6+. The normalized spacial score (nSPS) is 13.9. The first kappa shape index (κ1) is 13.6. The van der Waals surface area contributed by atoms with Gasteiger partial charge in [-0.1, -0.05) is 25.2 Å². The summed E-state index contributed by atoms with van der Waals surface area (Å²) in [6, 6.07) is 0. The molecule has 0 aromatic rings. The predicted octanol–water partition coefficient (Wildman–Crippen LogP) is 2.28. The van der Waals surface area contributed by atoms with Crippen LogP contribution in [0.3, 0.4) is 0 Å². The predicted molar refractivity (Wildman–Crippen MR) is 59.4 cm³/mol. The van der Waals surface area contributed by atoms with Gasteiger partial charge in [0.15, 0.2) is 0 Å². The van der Waals surface area contributed by atoms with Crippen LogP contribution in [-0.2, 0) is 14.3 Å². The van der Waals surface area contributed by atoms with Gasteiger partial charge in [0.1, 0.15) is 6.29 Å². The van der Waals surface area contributed by atoms with Crippen LogP contribution in [0.2, 0.25) is 0 Å². The molecular formula is C12H18O3. The molecule has 0 rings (SSSR count). The maximum Gasteiger partial charge on any atom is 0.302 e. The average molecular weight is 210 g/mol. The van der Waals surface area contributed by atoms with Gasteiger partial charge in [-0.2, -0.15) is 0 Å². The quantitative estimate of drug-likeness (QED) is 0.292. The zero-order valence-corrected chi connectivity index (χ0v) is 9.53. The van der Waals surface area contributed by atoms with Gasteiger partial charge in [-0.25, -0.2) is 0 Å². The molecule has 0 N–H and O–H groups in total. The Morgan fingerprint density at radius 3 is 2.60 bits per heavy atom. The summed E-state index contributed by atoms with van der Waals surface area (Å²) in [5.74, 6) is 0.0860. The van der Waals surface area contributed by atoms with E-state index in [1.165, 1.54) is 6.92 Å². The average Bonchev–Trinajstić information content (AvgIpc) is 2.17. The summed E-state index contributed by atoms with van der Waals surface area (Å²) in [4.78, 5) is 20.7. The third-order valence-electron chi connectivity index (χ3n) is 1.86. The highest BCUT2D eigenvalue weighted by atomic mass is 16.5. The first-order chi connectivity index (χ1) is 7.06. The fourth-order valence-corrected chi connectivity index (χ4v) is 0.921. The summed E-state index contributed by atoms with van der Waals surface area (Å²) in [7, 11) is 0. The van der Waals surface area contributed by atoms with Crippen LogP contribution in [0.15, 0.2) is 23.8 Å². The molecule has 0 bridgehead atoms. The van der Waals surface area contributed by atoms with Crippen molar-refractivity contribution in [3.8, 4) is 0 Å². The second kappa shape index (κ2) is 7.97. The summed E-state index contributed by atoms with van der Waals surface area (Å²) >= 11 is 0. The molecule has 0 radical (unpaired) electrons. The molecule has 0 aliphatic carbocycles. The molecule has 84 valence electrons. The summed E-state index contributed by atoms with van der Waals surface area (Å²) in [5, 5.41) is 0. The van der Waals surface area contributed by atoms with Crippen molar-refractivity contribution >= 4 is 12.3 Å². The minimum Gasteiger partial charge on any atom is -0.466 e. The minimum absolute atomic E-state index is 0.247. The first-order valence-electron chi connectivity index (χ1n) is 5.00. The first-order valence-corrected chi connectivity index (χ1v) is 5.00. The van der Waals surface area contributed by atoms with Crippen molar-refractivity contribution in [2.24, 2.45) is 5.92 Å². The van der Waals surface area contributed by atoms with E-state index in [0.29, 0.717) is 18.1 Å². The number of carbonyl (C=O) groups excluding carboxylic acids is 2. The van der Waals surface area contributed by atoms with Crippen molar-refractivity contribution in [1.82, 2.24) is 0 Å². The van der Waals surface area contributed by atoms with Crippen molar-refractivity contribution in [2.45, 2.75) is 27.2 Å². The largest absolute Gasteiger partial charge is 0.466 e. The van der Waals surface area contributed by atoms with E-state index < -0.39 is 0 Å². The topological polar surface area (TPSA) is 43.4 Å². The molecule has 0 saturated carbocycles. The molecule has 3 heteroatoms. The van der Waals surface area contributed by atoms with Crippen LogP contribution < -0.4 is 0 Å². The molecule has 1 atom stereocenters. The van der Waals surface area contributed by atoms with Crippen LogP contribution in [0.5, 0.6) is 0 Å². The Kier molecular flexibility index (Phi) is 7.24. The molecule has 0 fully saturated rings. The van der Waals surface area contributed by atoms with E-state index in [-0.39, 0.29) is 5.97 Å². The van der Waals surface area contributed by atoms with E-state index in [2.05, 4.69) is 0 Å². The summed E-state index contributed by atoms with van der Waals surface area (Å²) in [6.07, 6.45) is 7.20. The Hall–Kier alpha value is -1.38. The highest BCUT2D eigenvalue weighted by Gasteiger charge is 1.98. The van der Waals surface area contributed by atoms with Crippen LogP contribution in [0.25, 0.3) is 0 Å². The fourth-order valence-electron chi connectivity index (χ4n) is 0.921. The van der Waals surface area contributed by atoms with Crippen LogP contribution in [0.4, 0.5) is 0 Å². The molecule has 3 nitrogen and oxygen atoms in total. The van der Waals surface area contributed by atoms with Gasteiger partial charge in [-0.3, -0.25) is 9.59 Å². The number of esters is 1. The minimum atomic E-state index is -0.247.